The Kier molecular flexibility index (Phi) is 6.78. The highest BCUT2D eigenvalue weighted by atomic mass is 32.1. The number of carbonyl (C=O) groups excluding carboxylic acids is 1. The van der Waals surface area contributed by atoms with Gasteiger partial charge >= 0.3 is 0 Å². The molecule has 0 aliphatic carbocycles. The summed E-state index contributed by atoms with van der Waals surface area (Å²) >= 11 is 1.52. The zero-order chi connectivity index (χ0) is 21.9. The number of likely N-dealkylation sites (N-methyl/N-ethyl adjacent to an activating group) is 1. The second kappa shape index (κ2) is 9.14. The fraction of sp³-hybridized carbons (Fsp3) is 0.417. The molecule has 1 heterocycles. The Morgan fingerprint density at radius 3 is 2.37 bits per heavy atom. The van der Waals surface area contributed by atoms with E-state index in [0.717, 1.165) is 22.5 Å². The molecular formula is C24H31N3O2S. The number of benzene rings is 2. The van der Waals surface area contributed by atoms with Gasteiger partial charge in [-0.2, -0.15) is 0 Å². The maximum Gasteiger partial charge on any atom is 0.260 e. The van der Waals surface area contributed by atoms with E-state index in [0.29, 0.717) is 23.8 Å². The number of fused-ring (bicyclic) bond motifs is 1. The first kappa shape index (κ1) is 22.2. The van der Waals surface area contributed by atoms with Crippen LogP contribution in [0.5, 0.6) is 5.75 Å². The first-order chi connectivity index (χ1) is 14.2. The molecule has 3 aromatic rings. The summed E-state index contributed by atoms with van der Waals surface area (Å²) in [7, 11) is 4.01. The third-order valence-corrected chi connectivity index (χ3v) is 5.96. The topological polar surface area (TPSA) is 45.7 Å². The van der Waals surface area contributed by atoms with Gasteiger partial charge in [0.25, 0.3) is 5.91 Å². The van der Waals surface area contributed by atoms with Crippen LogP contribution in [0.25, 0.3) is 10.2 Å². The molecule has 0 atom stereocenters. The molecule has 0 saturated heterocycles. The number of ether oxygens (including phenoxy) is 1. The van der Waals surface area contributed by atoms with Crippen molar-refractivity contribution in [1.29, 1.82) is 0 Å². The molecule has 0 spiro atoms. The molecule has 2 aromatic carbocycles. The Morgan fingerprint density at radius 1 is 1.07 bits per heavy atom. The van der Waals surface area contributed by atoms with Gasteiger partial charge in [0.1, 0.15) is 11.3 Å². The number of para-hydroxylation sites is 1. The molecule has 0 aliphatic rings. The Balaban J connectivity index is 1.97. The lowest BCUT2D eigenvalue weighted by Gasteiger charge is -2.23. The largest absolute Gasteiger partial charge is 0.492 e. The zero-order valence-corrected chi connectivity index (χ0v) is 19.5. The van der Waals surface area contributed by atoms with E-state index < -0.39 is 0 Å². The molecule has 0 aliphatic heterocycles. The molecule has 30 heavy (non-hydrogen) atoms. The molecule has 3 rings (SSSR count). The summed E-state index contributed by atoms with van der Waals surface area (Å²) in [4.78, 5) is 22.1. The third kappa shape index (κ3) is 4.99. The van der Waals surface area contributed by atoms with Gasteiger partial charge in [0.15, 0.2) is 5.13 Å². The monoisotopic (exact) mass is 425 g/mol. The minimum atomic E-state index is -0.0330. The summed E-state index contributed by atoms with van der Waals surface area (Å²) in [5.74, 6) is 0.723. The van der Waals surface area contributed by atoms with Crippen molar-refractivity contribution in [2.24, 2.45) is 0 Å². The Labute approximate surface area is 183 Å². The van der Waals surface area contributed by atoms with Crippen molar-refractivity contribution >= 4 is 32.6 Å². The molecule has 5 nitrogen and oxygen atoms in total. The molecular weight excluding hydrogens is 394 g/mol. The number of amides is 1. The van der Waals surface area contributed by atoms with Gasteiger partial charge in [-0.25, -0.2) is 4.98 Å². The Hall–Kier alpha value is -2.44. The van der Waals surface area contributed by atoms with E-state index in [9.17, 15) is 4.79 Å². The first-order valence-electron chi connectivity index (χ1n) is 10.3. The average Bonchev–Trinajstić information content (AvgIpc) is 3.12. The van der Waals surface area contributed by atoms with Gasteiger partial charge in [-0.15, -0.1) is 0 Å². The van der Waals surface area contributed by atoms with E-state index in [2.05, 4.69) is 25.7 Å². The van der Waals surface area contributed by atoms with Gasteiger partial charge in [-0.3, -0.25) is 9.69 Å². The number of anilines is 1. The van der Waals surface area contributed by atoms with E-state index in [-0.39, 0.29) is 11.3 Å². The van der Waals surface area contributed by atoms with Crippen LogP contribution in [0.3, 0.4) is 0 Å². The van der Waals surface area contributed by atoms with Crippen LogP contribution in [-0.2, 0) is 5.41 Å². The van der Waals surface area contributed by atoms with Crippen LogP contribution in [0.1, 0.15) is 43.6 Å². The molecule has 0 unspecified atom stereocenters. The number of nitrogens with zero attached hydrogens (tertiary/aromatic N) is 3. The number of rotatable bonds is 7. The quantitative estimate of drug-likeness (QED) is 0.522. The average molecular weight is 426 g/mol. The second-order valence-electron chi connectivity index (χ2n) is 8.62. The van der Waals surface area contributed by atoms with Crippen LogP contribution in [0.4, 0.5) is 5.13 Å². The summed E-state index contributed by atoms with van der Waals surface area (Å²) in [5.41, 5.74) is 2.74. The summed E-state index contributed by atoms with van der Waals surface area (Å²) in [6.07, 6.45) is 0. The number of hydrogen-bond donors (Lipinski definition) is 0. The highest BCUT2D eigenvalue weighted by Crippen LogP contribution is 2.35. The lowest BCUT2D eigenvalue weighted by molar-refractivity contribution is 0.0985. The Morgan fingerprint density at radius 2 is 1.77 bits per heavy atom. The molecule has 160 valence electrons. The summed E-state index contributed by atoms with van der Waals surface area (Å²) < 4.78 is 6.75. The third-order valence-electron chi connectivity index (χ3n) is 4.92. The number of carbonyl (C=O) groups is 1. The minimum absolute atomic E-state index is 0.0330. The zero-order valence-electron chi connectivity index (χ0n) is 18.7. The van der Waals surface area contributed by atoms with Crippen LogP contribution in [0.2, 0.25) is 0 Å². The summed E-state index contributed by atoms with van der Waals surface area (Å²) in [5, 5.41) is 0.698. The summed E-state index contributed by atoms with van der Waals surface area (Å²) in [6.45, 7) is 10.4. The van der Waals surface area contributed by atoms with Gasteiger partial charge in [-0.1, -0.05) is 50.3 Å². The fourth-order valence-corrected chi connectivity index (χ4v) is 4.16. The molecule has 0 saturated carbocycles. The molecule has 1 amide bonds. The van der Waals surface area contributed by atoms with Gasteiger partial charge in [0.2, 0.25) is 0 Å². The van der Waals surface area contributed by atoms with E-state index in [4.69, 9.17) is 9.72 Å². The van der Waals surface area contributed by atoms with Crippen molar-refractivity contribution in [3.8, 4) is 5.75 Å². The predicted molar refractivity (Wildman–Crippen MR) is 126 cm³/mol. The molecule has 0 radical (unpaired) electrons. The van der Waals surface area contributed by atoms with Crippen LogP contribution in [-0.4, -0.2) is 49.6 Å². The molecule has 0 fully saturated rings. The maximum absolute atomic E-state index is 13.4. The standard InChI is InChI=1S/C24H31N3O2S/c1-7-29-19-9-8-10-20-21(19)25-23(30-20)27(16-15-26(5)6)22(28)17-11-13-18(14-12-17)24(2,3)4/h8-14H,7,15-16H2,1-6H3. The highest BCUT2D eigenvalue weighted by Gasteiger charge is 2.23. The van der Waals surface area contributed by atoms with Crippen molar-refractivity contribution < 1.29 is 9.53 Å². The smallest absolute Gasteiger partial charge is 0.260 e. The number of thiazole rings is 1. The lowest BCUT2D eigenvalue weighted by Crippen LogP contribution is -2.36. The molecule has 0 bridgehead atoms. The van der Waals surface area contributed by atoms with Crippen LogP contribution >= 0.6 is 11.3 Å². The van der Waals surface area contributed by atoms with Crippen molar-refractivity contribution in [2.45, 2.75) is 33.1 Å². The fourth-order valence-electron chi connectivity index (χ4n) is 3.15. The van der Waals surface area contributed by atoms with Gasteiger partial charge in [0, 0.05) is 18.7 Å². The van der Waals surface area contributed by atoms with E-state index >= 15 is 0 Å². The predicted octanol–water partition coefficient (Wildman–Crippen LogP) is 5.20. The Bertz CT molecular complexity index is 1000. The van der Waals surface area contributed by atoms with E-state index in [1.807, 2.05) is 63.5 Å². The highest BCUT2D eigenvalue weighted by molar-refractivity contribution is 7.22. The molecule has 6 heteroatoms. The van der Waals surface area contributed by atoms with Crippen molar-refractivity contribution in [3.63, 3.8) is 0 Å². The second-order valence-corrected chi connectivity index (χ2v) is 9.63. The van der Waals surface area contributed by atoms with Crippen molar-refractivity contribution in [1.82, 2.24) is 9.88 Å². The van der Waals surface area contributed by atoms with E-state index in [1.54, 1.807) is 4.90 Å². The van der Waals surface area contributed by atoms with Gasteiger partial charge in [0.05, 0.1) is 11.3 Å². The maximum atomic E-state index is 13.4. The minimum Gasteiger partial charge on any atom is -0.492 e. The van der Waals surface area contributed by atoms with Crippen molar-refractivity contribution in [2.75, 3.05) is 38.7 Å². The summed E-state index contributed by atoms with van der Waals surface area (Å²) in [6, 6.07) is 13.8. The van der Waals surface area contributed by atoms with Crippen molar-refractivity contribution in [3.05, 3.63) is 53.6 Å². The normalized spacial score (nSPS) is 11.8. The van der Waals surface area contributed by atoms with Gasteiger partial charge in [-0.05, 0) is 56.3 Å². The van der Waals surface area contributed by atoms with Crippen LogP contribution < -0.4 is 9.64 Å². The molecule has 0 N–H and O–H groups in total. The lowest BCUT2D eigenvalue weighted by atomic mass is 9.86. The number of aromatic nitrogens is 1. The SMILES string of the molecule is CCOc1cccc2sc(N(CCN(C)C)C(=O)c3ccc(C(C)(C)C)cc3)nc12. The first-order valence-corrected chi connectivity index (χ1v) is 11.1. The van der Waals surface area contributed by atoms with Crippen LogP contribution in [0, 0.1) is 0 Å². The van der Waals surface area contributed by atoms with Gasteiger partial charge < -0.3 is 9.64 Å². The number of hydrogen-bond acceptors (Lipinski definition) is 5. The van der Waals surface area contributed by atoms with E-state index in [1.165, 1.54) is 16.9 Å². The van der Waals surface area contributed by atoms with Crippen LogP contribution in [0.15, 0.2) is 42.5 Å². The molecule has 1 aromatic heterocycles.